The number of rotatable bonds is 2. The van der Waals surface area contributed by atoms with E-state index in [0.29, 0.717) is 12.1 Å². The standard InChI is InChI=1S/C15H16BN5/c1-8-6-18-12(10(3)9(8)2)7-21-5-4-11-13(16)19-15(17)20-14(11)21/h4-6H,7H2,1-3H3,(H2,17,19,20). The van der Waals surface area contributed by atoms with Crippen molar-refractivity contribution in [3.63, 3.8) is 0 Å². The normalized spacial score (nSPS) is 11.2. The van der Waals surface area contributed by atoms with Gasteiger partial charge in [0, 0.05) is 23.4 Å². The molecule has 0 spiro atoms. The Balaban J connectivity index is 2.09. The van der Waals surface area contributed by atoms with Crippen LogP contribution in [0.2, 0.25) is 0 Å². The lowest BCUT2D eigenvalue weighted by atomic mass is 10.0. The first-order valence-corrected chi connectivity index (χ1v) is 6.77. The Morgan fingerprint density at radius 1 is 1.19 bits per heavy atom. The van der Waals surface area contributed by atoms with Gasteiger partial charge in [-0.1, -0.05) is 0 Å². The Morgan fingerprint density at radius 2 is 1.95 bits per heavy atom. The van der Waals surface area contributed by atoms with E-state index in [4.69, 9.17) is 13.6 Å². The minimum Gasteiger partial charge on any atom is -0.368 e. The van der Waals surface area contributed by atoms with Gasteiger partial charge in [0.2, 0.25) is 5.95 Å². The summed E-state index contributed by atoms with van der Waals surface area (Å²) in [5.41, 5.74) is 11.5. The molecule has 2 radical (unpaired) electrons. The van der Waals surface area contributed by atoms with Crippen LogP contribution in [0.1, 0.15) is 22.4 Å². The lowest BCUT2D eigenvalue weighted by molar-refractivity contribution is 0.786. The van der Waals surface area contributed by atoms with Crippen LogP contribution in [0.5, 0.6) is 0 Å². The van der Waals surface area contributed by atoms with Crippen molar-refractivity contribution in [2.24, 2.45) is 0 Å². The van der Waals surface area contributed by atoms with Crippen molar-refractivity contribution in [2.45, 2.75) is 27.3 Å². The summed E-state index contributed by atoms with van der Waals surface area (Å²) in [7, 11) is 5.88. The second-order valence-corrected chi connectivity index (χ2v) is 5.29. The molecule has 3 aromatic rings. The van der Waals surface area contributed by atoms with Gasteiger partial charge in [-0.25, -0.2) is 4.98 Å². The van der Waals surface area contributed by atoms with E-state index in [-0.39, 0.29) is 5.95 Å². The molecule has 0 aliphatic heterocycles. The molecule has 0 fully saturated rings. The molecule has 0 bridgehead atoms. The van der Waals surface area contributed by atoms with E-state index in [1.165, 1.54) is 16.7 Å². The number of aryl methyl sites for hydroxylation is 1. The lowest BCUT2D eigenvalue weighted by Crippen LogP contribution is -2.14. The predicted octanol–water partition coefficient (Wildman–Crippen LogP) is 1.18. The average Bonchev–Trinajstić information content (AvgIpc) is 2.83. The first-order valence-electron chi connectivity index (χ1n) is 6.77. The molecule has 0 amide bonds. The highest BCUT2D eigenvalue weighted by Crippen LogP contribution is 2.18. The number of anilines is 1. The van der Waals surface area contributed by atoms with Crippen LogP contribution < -0.4 is 11.3 Å². The molecular weight excluding hydrogens is 261 g/mol. The van der Waals surface area contributed by atoms with Crippen molar-refractivity contribution in [3.8, 4) is 0 Å². The Hall–Kier alpha value is -2.37. The van der Waals surface area contributed by atoms with E-state index in [2.05, 4.69) is 35.7 Å². The maximum Gasteiger partial charge on any atom is 0.221 e. The number of nitrogen functional groups attached to an aromatic ring is 1. The molecule has 0 unspecified atom stereocenters. The number of hydrogen-bond acceptors (Lipinski definition) is 4. The topological polar surface area (TPSA) is 69.6 Å². The second kappa shape index (κ2) is 4.88. The minimum atomic E-state index is 0.185. The summed E-state index contributed by atoms with van der Waals surface area (Å²) < 4.78 is 1.99. The van der Waals surface area contributed by atoms with Crippen molar-refractivity contribution in [1.29, 1.82) is 0 Å². The summed E-state index contributed by atoms with van der Waals surface area (Å²) >= 11 is 0. The Labute approximate surface area is 124 Å². The summed E-state index contributed by atoms with van der Waals surface area (Å²) in [6.45, 7) is 6.90. The van der Waals surface area contributed by atoms with E-state index in [1.54, 1.807) is 0 Å². The monoisotopic (exact) mass is 277 g/mol. The van der Waals surface area contributed by atoms with Crippen molar-refractivity contribution in [3.05, 3.63) is 40.8 Å². The van der Waals surface area contributed by atoms with Crippen molar-refractivity contribution < 1.29 is 0 Å². The fraction of sp³-hybridized carbons (Fsp3) is 0.267. The van der Waals surface area contributed by atoms with Gasteiger partial charge in [0.15, 0.2) is 0 Å². The van der Waals surface area contributed by atoms with Gasteiger partial charge in [0.25, 0.3) is 0 Å². The first-order chi connectivity index (χ1) is 9.97. The molecule has 0 aliphatic rings. The summed E-state index contributed by atoms with van der Waals surface area (Å²) in [6.07, 6.45) is 3.84. The Morgan fingerprint density at radius 3 is 2.71 bits per heavy atom. The van der Waals surface area contributed by atoms with Gasteiger partial charge in [-0.2, -0.15) is 4.98 Å². The molecule has 0 aromatic carbocycles. The van der Waals surface area contributed by atoms with E-state index in [1.807, 2.05) is 23.0 Å². The van der Waals surface area contributed by atoms with E-state index in [9.17, 15) is 0 Å². The second-order valence-electron chi connectivity index (χ2n) is 5.29. The van der Waals surface area contributed by atoms with Gasteiger partial charge >= 0.3 is 0 Å². The molecule has 3 aromatic heterocycles. The molecular formula is C15H16BN5. The van der Waals surface area contributed by atoms with Gasteiger partial charge in [0.1, 0.15) is 13.5 Å². The third kappa shape index (κ3) is 2.26. The molecule has 0 saturated heterocycles. The molecule has 3 rings (SSSR count). The maximum absolute atomic E-state index is 5.88. The lowest BCUT2D eigenvalue weighted by Gasteiger charge is -2.11. The first kappa shape index (κ1) is 13.6. The van der Waals surface area contributed by atoms with Gasteiger partial charge in [-0.05, 0) is 43.5 Å². The zero-order valence-electron chi connectivity index (χ0n) is 12.4. The van der Waals surface area contributed by atoms with Crippen molar-refractivity contribution >= 4 is 30.4 Å². The van der Waals surface area contributed by atoms with E-state index >= 15 is 0 Å². The van der Waals surface area contributed by atoms with Crippen LogP contribution in [-0.4, -0.2) is 27.4 Å². The third-order valence-corrected chi connectivity index (χ3v) is 3.99. The van der Waals surface area contributed by atoms with Crippen molar-refractivity contribution in [1.82, 2.24) is 19.5 Å². The van der Waals surface area contributed by atoms with Gasteiger partial charge in [-0.3, -0.25) is 4.98 Å². The zero-order chi connectivity index (χ0) is 15.1. The summed E-state index contributed by atoms with van der Waals surface area (Å²) in [6, 6.07) is 1.90. The number of nitrogens with zero attached hydrogens (tertiary/aromatic N) is 4. The molecule has 104 valence electrons. The van der Waals surface area contributed by atoms with Crippen LogP contribution in [0.4, 0.5) is 5.95 Å². The number of pyridine rings is 1. The highest BCUT2D eigenvalue weighted by atomic mass is 15.1. The number of aromatic nitrogens is 4. The molecule has 3 heterocycles. The highest BCUT2D eigenvalue weighted by molar-refractivity contribution is 6.36. The molecule has 21 heavy (non-hydrogen) atoms. The summed E-state index contributed by atoms with van der Waals surface area (Å²) in [5.74, 6) is 0.185. The molecule has 5 nitrogen and oxygen atoms in total. The average molecular weight is 277 g/mol. The van der Waals surface area contributed by atoms with E-state index < -0.39 is 0 Å². The largest absolute Gasteiger partial charge is 0.368 e. The maximum atomic E-state index is 5.88. The van der Waals surface area contributed by atoms with Gasteiger partial charge < -0.3 is 10.3 Å². The predicted molar refractivity (Wildman–Crippen MR) is 84.9 cm³/mol. The van der Waals surface area contributed by atoms with Crippen LogP contribution in [-0.2, 0) is 6.54 Å². The molecule has 0 aliphatic carbocycles. The summed E-state index contributed by atoms with van der Waals surface area (Å²) in [4.78, 5) is 12.8. The molecule has 0 atom stereocenters. The third-order valence-electron chi connectivity index (χ3n) is 3.99. The zero-order valence-corrected chi connectivity index (χ0v) is 12.4. The SMILES string of the molecule is [B]c1nc(N)nc2c1ccn2Cc1ncc(C)c(C)c1C. The molecule has 0 saturated carbocycles. The quantitative estimate of drug-likeness (QED) is 0.714. The number of nitrogens with two attached hydrogens (primary N) is 1. The van der Waals surface area contributed by atoms with Crippen LogP contribution in [0.15, 0.2) is 18.5 Å². The van der Waals surface area contributed by atoms with Crippen LogP contribution in [0, 0.1) is 20.8 Å². The highest BCUT2D eigenvalue weighted by Gasteiger charge is 2.11. The minimum absolute atomic E-state index is 0.185. The smallest absolute Gasteiger partial charge is 0.221 e. The number of hydrogen-bond donors (Lipinski definition) is 1. The van der Waals surface area contributed by atoms with Gasteiger partial charge in [-0.15, -0.1) is 0 Å². The molecule has 6 heteroatoms. The Kier molecular flexibility index (Phi) is 3.16. The summed E-state index contributed by atoms with van der Waals surface area (Å²) in [5, 5.41) is 0.811. The fourth-order valence-corrected chi connectivity index (χ4v) is 2.43. The molecule has 2 N–H and O–H groups in total. The Bertz CT molecular complexity index is 838. The number of fused-ring (bicyclic) bond motifs is 1. The van der Waals surface area contributed by atoms with Crippen LogP contribution in [0.25, 0.3) is 11.0 Å². The van der Waals surface area contributed by atoms with E-state index in [0.717, 1.165) is 16.7 Å². The van der Waals surface area contributed by atoms with Crippen LogP contribution in [0.3, 0.4) is 0 Å². The van der Waals surface area contributed by atoms with Gasteiger partial charge in [0.05, 0.1) is 12.2 Å². The van der Waals surface area contributed by atoms with Crippen molar-refractivity contribution in [2.75, 3.05) is 5.73 Å². The van der Waals surface area contributed by atoms with Crippen LogP contribution >= 0.6 is 0 Å². The fourth-order valence-electron chi connectivity index (χ4n) is 2.43.